The van der Waals surface area contributed by atoms with Crippen molar-refractivity contribution in [2.24, 2.45) is 0 Å². The molecule has 2 atom stereocenters. The van der Waals surface area contributed by atoms with E-state index in [1.807, 2.05) is 14.1 Å². The largest absolute Gasteiger partial charge is 0.353 e. The van der Waals surface area contributed by atoms with E-state index in [0.29, 0.717) is 0 Å². The lowest BCUT2D eigenvalue weighted by Gasteiger charge is -2.18. The number of H-pyrrole nitrogens is 1. The molecule has 0 aromatic carbocycles. The van der Waals surface area contributed by atoms with E-state index in [9.17, 15) is 9.59 Å². The van der Waals surface area contributed by atoms with Crippen LogP contribution in [0.25, 0.3) is 0 Å². The maximum atomic E-state index is 11.6. The topological polar surface area (TPSA) is 67.3 Å². The lowest BCUT2D eigenvalue weighted by molar-refractivity contribution is -0.0103. The maximum Gasteiger partial charge on any atom is 0.330 e. The van der Waals surface area contributed by atoms with Crippen LogP contribution in [0.15, 0.2) is 21.9 Å². The lowest BCUT2D eigenvalue weighted by Crippen LogP contribution is -2.32. The molecule has 1 aromatic heterocycles. The fourth-order valence-corrected chi connectivity index (χ4v) is 2.09. The van der Waals surface area contributed by atoms with Gasteiger partial charge in [0.2, 0.25) is 0 Å². The summed E-state index contributed by atoms with van der Waals surface area (Å²) in [6, 6.07) is 1.34. The van der Waals surface area contributed by atoms with Crippen molar-refractivity contribution in [3.63, 3.8) is 0 Å². The number of ether oxygens (including phenoxy) is 1. The Hall–Kier alpha value is -1.40. The Morgan fingerprint density at radius 1 is 1.47 bits per heavy atom. The second-order valence-electron chi connectivity index (χ2n) is 4.57. The van der Waals surface area contributed by atoms with Crippen molar-refractivity contribution >= 4 is 0 Å². The average Bonchev–Trinajstić information content (AvgIpc) is 2.65. The van der Waals surface area contributed by atoms with Gasteiger partial charge in [-0.3, -0.25) is 14.3 Å². The molecule has 0 bridgehead atoms. The van der Waals surface area contributed by atoms with Gasteiger partial charge in [-0.25, -0.2) is 4.79 Å². The van der Waals surface area contributed by atoms with Crippen molar-refractivity contribution in [1.82, 2.24) is 14.5 Å². The Balaban J connectivity index is 2.10. The predicted molar refractivity (Wildman–Crippen MR) is 63.0 cm³/mol. The quantitative estimate of drug-likeness (QED) is 0.791. The van der Waals surface area contributed by atoms with Crippen LogP contribution in [0.3, 0.4) is 0 Å². The van der Waals surface area contributed by atoms with Gasteiger partial charge in [-0.05, 0) is 26.9 Å². The van der Waals surface area contributed by atoms with Gasteiger partial charge in [-0.1, -0.05) is 0 Å². The molecule has 1 saturated heterocycles. The number of hydrogen-bond donors (Lipinski definition) is 1. The second-order valence-corrected chi connectivity index (χ2v) is 4.57. The Bertz CT molecular complexity index is 491. The first kappa shape index (κ1) is 12.1. The molecular formula is C11H17N3O3. The monoisotopic (exact) mass is 239 g/mol. The molecule has 1 aromatic rings. The standard InChI is InChI=1S/C11H17N3O3/c1-13(2)7-8-3-4-10(17-8)14-6-5-9(15)12-11(14)16/h5-6,8,10H,3-4,7H2,1-2H3,(H,12,15,16)/t8-,10+/m0/s1. The van der Waals surface area contributed by atoms with Crippen LogP contribution in [-0.2, 0) is 4.74 Å². The molecule has 6 heteroatoms. The third kappa shape index (κ3) is 2.83. The van der Waals surface area contributed by atoms with E-state index in [-0.39, 0.29) is 17.9 Å². The second kappa shape index (κ2) is 4.85. The highest BCUT2D eigenvalue weighted by molar-refractivity contribution is 4.86. The van der Waals surface area contributed by atoms with Crippen LogP contribution >= 0.6 is 0 Å². The third-order valence-corrected chi connectivity index (χ3v) is 2.82. The summed E-state index contributed by atoms with van der Waals surface area (Å²) in [5.41, 5.74) is -0.790. The van der Waals surface area contributed by atoms with Gasteiger partial charge in [-0.15, -0.1) is 0 Å². The number of hydrogen-bond acceptors (Lipinski definition) is 4. The minimum atomic E-state index is -0.409. The number of aromatic nitrogens is 2. The van der Waals surface area contributed by atoms with Gasteiger partial charge >= 0.3 is 5.69 Å². The van der Waals surface area contributed by atoms with Crippen molar-refractivity contribution < 1.29 is 4.74 Å². The first-order valence-corrected chi connectivity index (χ1v) is 5.68. The van der Waals surface area contributed by atoms with Crippen LogP contribution in [0.5, 0.6) is 0 Å². The summed E-state index contributed by atoms with van der Waals surface area (Å²) in [5.74, 6) is 0. The van der Waals surface area contributed by atoms with Crippen LogP contribution < -0.4 is 11.2 Å². The van der Waals surface area contributed by atoms with Gasteiger partial charge < -0.3 is 9.64 Å². The van der Waals surface area contributed by atoms with Crippen LogP contribution in [0.2, 0.25) is 0 Å². The van der Waals surface area contributed by atoms with Gasteiger partial charge in [0.25, 0.3) is 5.56 Å². The Morgan fingerprint density at radius 3 is 2.88 bits per heavy atom. The van der Waals surface area contributed by atoms with E-state index in [1.165, 1.54) is 16.8 Å². The highest BCUT2D eigenvalue weighted by Gasteiger charge is 2.27. The molecule has 1 aliphatic heterocycles. The highest BCUT2D eigenvalue weighted by Crippen LogP contribution is 2.26. The molecule has 17 heavy (non-hydrogen) atoms. The van der Waals surface area contributed by atoms with E-state index in [0.717, 1.165) is 19.4 Å². The zero-order chi connectivity index (χ0) is 12.4. The summed E-state index contributed by atoms with van der Waals surface area (Å²) in [7, 11) is 3.98. The first-order valence-electron chi connectivity index (χ1n) is 5.68. The summed E-state index contributed by atoms with van der Waals surface area (Å²) in [6.45, 7) is 0.842. The van der Waals surface area contributed by atoms with Crippen molar-refractivity contribution in [3.05, 3.63) is 33.1 Å². The van der Waals surface area contributed by atoms with Crippen LogP contribution in [0.4, 0.5) is 0 Å². The zero-order valence-corrected chi connectivity index (χ0v) is 10.0. The number of rotatable bonds is 3. The van der Waals surface area contributed by atoms with Crippen molar-refractivity contribution in [2.45, 2.75) is 25.2 Å². The Kier molecular flexibility index (Phi) is 3.44. The normalized spacial score (nSPS) is 24.4. The summed E-state index contributed by atoms with van der Waals surface area (Å²) >= 11 is 0. The third-order valence-electron chi connectivity index (χ3n) is 2.82. The molecular weight excluding hydrogens is 222 g/mol. The molecule has 0 aliphatic carbocycles. The van der Waals surface area contributed by atoms with Gasteiger partial charge in [0.15, 0.2) is 0 Å². The van der Waals surface area contributed by atoms with Crippen LogP contribution in [0, 0.1) is 0 Å². The molecule has 1 aliphatic rings. The highest BCUT2D eigenvalue weighted by atomic mass is 16.5. The Labute approximate surface area is 98.8 Å². The molecule has 94 valence electrons. The molecule has 1 fully saturated rings. The molecule has 2 heterocycles. The summed E-state index contributed by atoms with van der Waals surface area (Å²) in [4.78, 5) is 26.8. The first-order chi connectivity index (χ1) is 8.06. The minimum absolute atomic E-state index is 0.147. The summed E-state index contributed by atoms with van der Waals surface area (Å²) in [6.07, 6.45) is 3.10. The molecule has 1 N–H and O–H groups in total. The fraction of sp³-hybridized carbons (Fsp3) is 0.636. The smallest absolute Gasteiger partial charge is 0.330 e. The lowest BCUT2D eigenvalue weighted by atomic mass is 10.2. The number of likely N-dealkylation sites (N-methyl/N-ethyl adjacent to an activating group) is 1. The van der Waals surface area contributed by atoms with E-state index >= 15 is 0 Å². The number of nitrogens with one attached hydrogen (secondary N) is 1. The van der Waals surface area contributed by atoms with E-state index in [1.54, 1.807) is 0 Å². The molecule has 0 radical (unpaired) electrons. The molecule has 0 unspecified atom stereocenters. The van der Waals surface area contributed by atoms with Crippen molar-refractivity contribution in [3.8, 4) is 0 Å². The summed E-state index contributed by atoms with van der Waals surface area (Å²) < 4.78 is 7.22. The predicted octanol–water partition coefficient (Wildman–Crippen LogP) is -0.224. The van der Waals surface area contributed by atoms with Crippen LogP contribution in [0.1, 0.15) is 19.1 Å². The van der Waals surface area contributed by atoms with E-state index < -0.39 is 5.69 Å². The SMILES string of the molecule is CN(C)C[C@@H]1CC[C@H](n2ccc(=O)[nH]c2=O)O1. The molecule has 6 nitrogen and oxygen atoms in total. The molecule has 0 amide bonds. The number of nitrogens with zero attached hydrogens (tertiary/aromatic N) is 2. The van der Waals surface area contributed by atoms with Gasteiger partial charge in [0.05, 0.1) is 6.10 Å². The Morgan fingerprint density at radius 2 is 2.24 bits per heavy atom. The van der Waals surface area contributed by atoms with Crippen molar-refractivity contribution in [2.75, 3.05) is 20.6 Å². The fourth-order valence-electron chi connectivity index (χ4n) is 2.09. The zero-order valence-electron chi connectivity index (χ0n) is 10.0. The average molecular weight is 239 g/mol. The van der Waals surface area contributed by atoms with Gasteiger partial charge in [-0.2, -0.15) is 0 Å². The molecule has 0 spiro atoms. The minimum Gasteiger partial charge on any atom is -0.353 e. The molecule has 2 rings (SSSR count). The van der Waals surface area contributed by atoms with Crippen molar-refractivity contribution in [1.29, 1.82) is 0 Å². The van der Waals surface area contributed by atoms with E-state index in [2.05, 4.69) is 9.88 Å². The summed E-state index contributed by atoms with van der Waals surface area (Å²) in [5, 5.41) is 0. The number of aromatic amines is 1. The van der Waals surface area contributed by atoms with Gasteiger partial charge in [0, 0.05) is 18.8 Å². The maximum absolute atomic E-state index is 11.6. The van der Waals surface area contributed by atoms with E-state index in [4.69, 9.17) is 4.74 Å². The molecule has 0 saturated carbocycles. The van der Waals surface area contributed by atoms with Crippen LogP contribution in [-0.4, -0.2) is 41.2 Å². The van der Waals surface area contributed by atoms with Gasteiger partial charge in [0.1, 0.15) is 6.23 Å².